The lowest BCUT2D eigenvalue weighted by atomic mass is 9.88. The first-order chi connectivity index (χ1) is 16.1. The number of aromatic nitrogens is 5. The maximum absolute atomic E-state index is 13.6. The maximum Gasteiger partial charge on any atom is 0.212 e. The highest BCUT2D eigenvalue weighted by Gasteiger charge is 2.29. The Hall–Kier alpha value is -4.08. The van der Waals surface area contributed by atoms with Crippen molar-refractivity contribution in [3.63, 3.8) is 0 Å². The molecular weight excluding hydrogens is 425 g/mol. The summed E-state index contributed by atoms with van der Waals surface area (Å²) >= 11 is 0. The smallest absolute Gasteiger partial charge is 0.212 e. The quantitative estimate of drug-likeness (QED) is 0.459. The van der Waals surface area contributed by atoms with Crippen LogP contribution >= 0.6 is 0 Å². The van der Waals surface area contributed by atoms with Crippen LogP contribution in [0.1, 0.15) is 24.5 Å². The van der Waals surface area contributed by atoms with Gasteiger partial charge in [-0.25, -0.2) is 13.9 Å². The Kier molecular flexibility index (Phi) is 5.33. The Bertz CT molecular complexity index is 1320. The predicted molar refractivity (Wildman–Crippen MR) is 120 cm³/mol. The molecule has 0 aliphatic carbocycles. The number of nitrogens with zero attached hydrogens (tertiary/aromatic N) is 6. The zero-order chi connectivity index (χ0) is 22.9. The molecule has 1 N–H and O–H groups in total. The molecule has 0 unspecified atom stereocenters. The van der Waals surface area contributed by atoms with Crippen molar-refractivity contribution in [2.24, 2.45) is 7.05 Å². The van der Waals surface area contributed by atoms with Crippen LogP contribution in [0.5, 0.6) is 0 Å². The van der Waals surface area contributed by atoms with E-state index in [-0.39, 0.29) is 11.7 Å². The zero-order valence-corrected chi connectivity index (χ0v) is 18.0. The number of rotatable bonds is 6. The first-order valence-corrected chi connectivity index (χ1v) is 10.7. The molecular formula is C23H22FN7O2. The molecule has 4 heterocycles. The van der Waals surface area contributed by atoms with E-state index in [0.717, 1.165) is 36.1 Å². The highest BCUT2D eigenvalue weighted by molar-refractivity contribution is 5.82. The molecule has 33 heavy (non-hydrogen) atoms. The van der Waals surface area contributed by atoms with Crippen LogP contribution in [0.3, 0.4) is 0 Å². The summed E-state index contributed by atoms with van der Waals surface area (Å²) in [6, 6.07) is 9.96. The number of fused-ring (bicyclic) bond motifs is 1. The van der Waals surface area contributed by atoms with Crippen LogP contribution in [0.4, 0.5) is 10.2 Å². The summed E-state index contributed by atoms with van der Waals surface area (Å²) in [6.07, 6.45) is 4.73. The predicted octanol–water partition coefficient (Wildman–Crippen LogP) is 2.84. The summed E-state index contributed by atoms with van der Waals surface area (Å²) < 4.78 is 17.1. The molecule has 9 nitrogen and oxygen atoms in total. The number of aryl methyl sites for hydroxylation is 1. The number of likely N-dealkylation sites (tertiary alicyclic amines) is 1. The molecule has 1 fully saturated rings. The van der Waals surface area contributed by atoms with Gasteiger partial charge < -0.3 is 10.2 Å². The van der Waals surface area contributed by atoms with Crippen molar-refractivity contribution in [3.8, 4) is 22.5 Å². The van der Waals surface area contributed by atoms with E-state index < -0.39 is 0 Å². The second-order valence-corrected chi connectivity index (χ2v) is 8.06. The van der Waals surface area contributed by atoms with E-state index in [1.54, 1.807) is 27.7 Å². The van der Waals surface area contributed by atoms with Gasteiger partial charge in [0.15, 0.2) is 11.5 Å². The Balaban J connectivity index is 1.66. The van der Waals surface area contributed by atoms with Gasteiger partial charge in [0.2, 0.25) is 12.8 Å². The molecule has 1 aliphatic heterocycles. The number of hydrogen-bond donors (Lipinski definition) is 1. The van der Waals surface area contributed by atoms with Gasteiger partial charge in [-0.15, -0.1) is 0 Å². The van der Waals surface area contributed by atoms with Gasteiger partial charge >= 0.3 is 0 Å². The topological polar surface area (TPSA) is 97.4 Å². The number of hydrogen-bond acceptors (Lipinski definition) is 5. The molecule has 3 aromatic heterocycles. The van der Waals surface area contributed by atoms with E-state index in [9.17, 15) is 14.0 Å². The molecule has 1 aliphatic rings. The third-order valence-corrected chi connectivity index (χ3v) is 6.06. The van der Waals surface area contributed by atoms with Gasteiger partial charge in [-0.1, -0.05) is 0 Å². The fourth-order valence-corrected chi connectivity index (χ4v) is 4.49. The van der Waals surface area contributed by atoms with E-state index >= 15 is 0 Å². The van der Waals surface area contributed by atoms with E-state index in [1.807, 2.05) is 23.9 Å². The largest absolute Gasteiger partial charge is 0.345 e. The second kappa shape index (κ2) is 8.45. The second-order valence-electron chi connectivity index (χ2n) is 8.06. The molecule has 0 spiro atoms. The van der Waals surface area contributed by atoms with Gasteiger partial charge in [-0.3, -0.25) is 14.3 Å². The first-order valence-electron chi connectivity index (χ1n) is 10.7. The van der Waals surface area contributed by atoms with Crippen molar-refractivity contribution in [2.45, 2.75) is 18.8 Å². The third-order valence-electron chi connectivity index (χ3n) is 6.06. The Morgan fingerprint density at radius 2 is 1.82 bits per heavy atom. The van der Waals surface area contributed by atoms with Crippen LogP contribution in [-0.2, 0) is 16.6 Å². The number of carbonyl (C=O) groups excluding carboxylic acids is 2. The van der Waals surface area contributed by atoms with Crippen LogP contribution in [0, 0.1) is 5.82 Å². The summed E-state index contributed by atoms with van der Waals surface area (Å²) in [4.78, 5) is 28.1. The number of amides is 2. The van der Waals surface area contributed by atoms with Gasteiger partial charge in [0.05, 0.1) is 23.1 Å². The van der Waals surface area contributed by atoms with Crippen molar-refractivity contribution in [1.29, 1.82) is 0 Å². The molecule has 2 amide bonds. The molecule has 0 saturated carbocycles. The highest BCUT2D eigenvalue weighted by atomic mass is 19.1. The minimum atomic E-state index is -0.314. The number of anilines is 1. The minimum absolute atomic E-state index is 0.190. The lowest BCUT2D eigenvalue weighted by molar-refractivity contribution is -0.119. The SMILES string of the molecule is Cn1nc(-c2ccc(F)cc2)c(-c2ccc3nc(NC=O)cn3n2)c1C1CCN(C=O)CC1. The number of halogens is 1. The molecule has 5 rings (SSSR count). The van der Waals surface area contributed by atoms with E-state index in [1.165, 1.54) is 12.1 Å². The normalized spacial score (nSPS) is 14.5. The summed E-state index contributed by atoms with van der Waals surface area (Å²) in [7, 11) is 1.90. The molecule has 0 bridgehead atoms. The molecule has 1 saturated heterocycles. The van der Waals surface area contributed by atoms with Crippen LogP contribution in [-0.4, -0.2) is 55.2 Å². The lowest BCUT2D eigenvalue weighted by Crippen LogP contribution is -2.32. The Morgan fingerprint density at radius 1 is 1.06 bits per heavy atom. The van der Waals surface area contributed by atoms with Crippen molar-refractivity contribution in [2.75, 3.05) is 18.4 Å². The molecule has 10 heteroatoms. The zero-order valence-electron chi connectivity index (χ0n) is 18.0. The van der Waals surface area contributed by atoms with Crippen LogP contribution in [0.25, 0.3) is 28.2 Å². The van der Waals surface area contributed by atoms with Crippen molar-refractivity contribution in [1.82, 2.24) is 29.3 Å². The number of imidazole rings is 1. The standard InChI is InChI=1S/C23H22FN7O2/c1-29-23(16-8-10-30(14-33)11-9-16)21(22(28-29)15-2-4-17(24)5-3-15)18-6-7-20-26-19(25-13-32)12-31(20)27-18/h2-7,12-14,16H,8-11H2,1H3,(H,25,32). The number of nitrogens with one attached hydrogen (secondary N) is 1. The fourth-order valence-electron chi connectivity index (χ4n) is 4.49. The summed E-state index contributed by atoms with van der Waals surface area (Å²) in [5, 5.41) is 12.1. The van der Waals surface area contributed by atoms with Crippen LogP contribution in [0.2, 0.25) is 0 Å². The van der Waals surface area contributed by atoms with Crippen LogP contribution in [0.15, 0.2) is 42.6 Å². The van der Waals surface area contributed by atoms with Gasteiger partial charge in [-0.05, 0) is 49.2 Å². The number of benzene rings is 1. The Labute approximate surface area is 188 Å². The third kappa shape index (κ3) is 3.84. The average molecular weight is 447 g/mol. The maximum atomic E-state index is 13.6. The minimum Gasteiger partial charge on any atom is -0.345 e. The van der Waals surface area contributed by atoms with Crippen molar-refractivity contribution >= 4 is 24.3 Å². The average Bonchev–Trinajstić information content (AvgIpc) is 3.39. The van der Waals surface area contributed by atoms with E-state index in [0.29, 0.717) is 42.4 Å². The van der Waals surface area contributed by atoms with E-state index in [4.69, 9.17) is 10.2 Å². The van der Waals surface area contributed by atoms with E-state index in [2.05, 4.69) is 10.3 Å². The summed E-state index contributed by atoms with van der Waals surface area (Å²) in [5.41, 5.74) is 4.68. The summed E-state index contributed by atoms with van der Waals surface area (Å²) in [5.74, 6) is 0.280. The lowest BCUT2D eigenvalue weighted by Gasteiger charge is -2.29. The van der Waals surface area contributed by atoms with Crippen LogP contribution < -0.4 is 5.32 Å². The van der Waals surface area contributed by atoms with Crippen molar-refractivity contribution < 1.29 is 14.0 Å². The molecule has 0 atom stereocenters. The highest BCUT2D eigenvalue weighted by Crippen LogP contribution is 2.40. The number of carbonyl (C=O) groups is 2. The molecule has 0 radical (unpaired) electrons. The monoisotopic (exact) mass is 447 g/mol. The number of piperidine rings is 1. The fraction of sp³-hybridized carbons (Fsp3) is 0.261. The molecule has 4 aromatic rings. The van der Waals surface area contributed by atoms with Gasteiger partial charge in [-0.2, -0.15) is 10.2 Å². The van der Waals surface area contributed by atoms with Gasteiger partial charge in [0.25, 0.3) is 0 Å². The van der Waals surface area contributed by atoms with Gasteiger partial charge in [0.1, 0.15) is 11.5 Å². The first kappa shape index (κ1) is 20.8. The molecule has 1 aromatic carbocycles. The summed E-state index contributed by atoms with van der Waals surface area (Å²) in [6.45, 7) is 1.36. The van der Waals surface area contributed by atoms with Crippen molar-refractivity contribution in [3.05, 3.63) is 54.1 Å². The molecule has 168 valence electrons. The van der Waals surface area contributed by atoms with Gasteiger partial charge in [0, 0.05) is 31.6 Å². The Morgan fingerprint density at radius 3 is 2.52 bits per heavy atom.